The standard InChI is InChI=1S/C33H60O2/c1-24(2)13-9-14-25(3)15-10-16-26(4)17-11-18-27(5)19-12-20-28(6)21-22-31-23-32(34)29(7)30(8)33(31)35/h23-28,34-35H,9-22H2,1-8H3. The molecule has 0 radical (unpaired) electrons. The smallest absolute Gasteiger partial charge is 0.122 e. The largest absolute Gasteiger partial charge is 0.508 e. The minimum atomic E-state index is 0.303. The van der Waals surface area contributed by atoms with Crippen LogP contribution in [0.4, 0.5) is 0 Å². The Balaban J connectivity index is 2.11. The highest BCUT2D eigenvalue weighted by Crippen LogP contribution is 2.33. The third-order valence-corrected chi connectivity index (χ3v) is 8.48. The first-order valence-electron chi connectivity index (χ1n) is 15.0. The summed E-state index contributed by atoms with van der Waals surface area (Å²) in [4.78, 5) is 0. The van der Waals surface area contributed by atoms with E-state index < -0.39 is 0 Å². The molecule has 204 valence electrons. The highest BCUT2D eigenvalue weighted by atomic mass is 16.3. The van der Waals surface area contributed by atoms with E-state index in [9.17, 15) is 10.2 Å². The number of hydrogen-bond donors (Lipinski definition) is 2. The Morgan fingerprint density at radius 2 is 0.914 bits per heavy atom. The molecular formula is C33H60O2. The highest BCUT2D eigenvalue weighted by Gasteiger charge is 2.13. The predicted octanol–water partition coefficient (Wildman–Crippen LogP) is 10.5. The molecule has 2 heteroatoms. The number of phenolic OH excluding ortho intramolecular Hbond substituents is 2. The van der Waals surface area contributed by atoms with Crippen LogP contribution in [-0.4, -0.2) is 10.2 Å². The lowest BCUT2D eigenvalue weighted by Gasteiger charge is -2.17. The molecule has 4 atom stereocenters. The minimum Gasteiger partial charge on any atom is -0.508 e. The average molecular weight is 489 g/mol. The molecule has 0 aliphatic carbocycles. The van der Waals surface area contributed by atoms with Crippen molar-refractivity contribution >= 4 is 0 Å². The van der Waals surface area contributed by atoms with Gasteiger partial charge in [-0.25, -0.2) is 0 Å². The van der Waals surface area contributed by atoms with E-state index in [-0.39, 0.29) is 0 Å². The van der Waals surface area contributed by atoms with Crippen molar-refractivity contribution in [3.05, 3.63) is 22.8 Å². The van der Waals surface area contributed by atoms with E-state index in [2.05, 4.69) is 41.5 Å². The molecule has 0 aliphatic heterocycles. The lowest BCUT2D eigenvalue weighted by molar-refractivity contribution is 0.365. The Labute approximate surface area is 219 Å². The number of aryl methyl sites for hydroxylation is 1. The van der Waals surface area contributed by atoms with Crippen LogP contribution in [0.5, 0.6) is 11.5 Å². The molecule has 2 N–H and O–H groups in total. The Kier molecular flexibility index (Phi) is 15.7. The SMILES string of the molecule is Cc1c(O)cc(CCC(C)CCCC(C)CCCC(C)CCCC(C)CCCC(C)C)c(O)c1C. The van der Waals surface area contributed by atoms with E-state index in [1.807, 2.05) is 13.8 Å². The van der Waals surface area contributed by atoms with E-state index in [0.29, 0.717) is 17.4 Å². The van der Waals surface area contributed by atoms with Gasteiger partial charge in [0.1, 0.15) is 11.5 Å². The van der Waals surface area contributed by atoms with Crippen LogP contribution in [0, 0.1) is 43.4 Å². The van der Waals surface area contributed by atoms with E-state index in [4.69, 9.17) is 0 Å². The normalized spacial score (nSPS) is 15.3. The summed E-state index contributed by atoms with van der Waals surface area (Å²) in [5, 5.41) is 20.5. The lowest BCUT2D eigenvalue weighted by atomic mass is 9.89. The third kappa shape index (κ3) is 13.6. The average Bonchev–Trinajstić information content (AvgIpc) is 2.79. The summed E-state index contributed by atoms with van der Waals surface area (Å²) in [7, 11) is 0. The summed E-state index contributed by atoms with van der Waals surface area (Å²) < 4.78 is 0. The fourth-order valence-electron chi connectivity index (χ4n) is 5.44. The number of benzene rings is 1. The summed E-state index contributed by atoms with van der Waals surface area (Å²) in [5.41, 5.74) is 2.48. The van der Waals surface area contributed by atoms with E-state index in [0.717, 1.165) is 53.2 Å². The molecule has 1 aromatic carbocycles. The minimum absolute atomic E-state index is 0.303. The second kappa shape index (κ2) is 17.3. The van der Waals surface area contributed by atoms with Crippen LogP contribution in [0.3, 0.4) is 0 Å². The van der Waals surface area contributed by atoms with Crippen molar-refractivity contribution < 1.29 is 10.2 Å². The van der Waals surface area contributed by atoms with Gasteiger partial charge in [-0.3, -0.25) is 0 Å². The number of aromatic hydroxyl groups is 2. The summed E-state index contributed by atoms with van der Waals surface area (Å²) >= 11 is 0. The zero-order valence-electron chi connectivity index (χ0n) is 24.8. The number of phenols is 2. The van der Waals surface area contributed by atoms with Crippen molar-refractivity contribution in [2.75, 3.05) is 0 Å². The monoisotopic (exact) mass is 488 g/mol. The molecule has 35 heavy (non-hydrogen) atoms. The van der Waals surface area contributed by atoms with Gasteiger partial charge in [-0.1, -0.05) is 119 Å². The Morgan fingerprint density at radius 1 is 0.543 bits per heavy atom. The maximum atomic E-state index is 10.4. The van der Waals surface area contributed by atoms with Crippen molar-refractivity contribution in [1.82, 2.24) is 0 Å². The Bertz CT molecular complexity index is 693. The van der Waals surface area contributed by atoms with Crippen LogP contribution in [0.2, 0.25) is 0 Å². The third-order valence-electron chi connectivity index (χ3n) is 8.48. The van der Waals surface area contributed by atoms with Crippen LogP contribution in [0.25, 0.3) is 0 Å². The summed E-state index contributed by atoms with van der Waals surface area (Å²) in [6.45, 7) is 18.1. The van der Waals surface area contributed by atoms with Crippen LogP contribution in [0.1, 0.15) is 142 Å². The molecule has 0 amide bonds. The molecule has 4 unspecified atom stereocenters. The van der Waals surface area contributed by atoms with Crippen molar-refractivity contribution in [2.24, 2.45) is 29.6 Å². The molecule has 0 aliphatic rings. The van der Waals surface area contributed by atoms with Gasteiger partial charge in [-0.2, -0.15) is 0 Å². The second-order valence-electron chi connectivity index (χ2n) is 12.7. The van der Waals surface area contributed by atoms with Gasteiger partial charge in [-0.15, -0.1) is 0 Å². The lowest BCUT2D eigenvalue weighted by Crippen LogP contribution is -2.03. The zero-order valence-corrected chi connectivity index (χ0v) is 24.8. The predicted molar refractivity (Wildman–Crippen MR) is 154 cm³/mol. The summed E-state index contributed by atoms with van der Waals surface area (Å²) in [6.07, 6.45) is 18.4. The fraction of sp³-hybridized carbons (Fsp3) is 0.818. The van der Waals surface area contributed by atoms with Gasteiger partial charge >= 0.3 is 0 Å². The molecule has 0 bridgehead atoms. The van der Waals surface area contributed by atoms with Gasteiger partial charge in [0, 0.05) is 0 Å². The molecule has 0 saturated carbocycles. The Hall–Kier alpha value is -1.18. The molecule has 0 fully saturated rings. The van der Waals surface area contributed by atoms with Gasteiger partial charge in [0.05, 0.1) is 0 Å². The van der Waals surface area contributed by atoms with Gasteiger partial charge in [-0.05, 0) is 79.0 Å². The molecule has 1 aromatic rings. The van der Waals surface area contributed by atoms with Crippen LogP contribution in [0.15, 0.2) is 6.07 Å². The maximum Gasteiger partial charge on any atom is 0.122 e. The quantitative estimate of drug-likeness (QED) is 0.190. The van der Waals surface area contributed by atoms with Crippen molar-refractivity contribution in [1.29, 1.82) is 0 Å². The number of rotatable bonds is 19. The number of hydrogen-bond acceptors (Lipinski definition) is 2. The second-order valence-corrected chi connectivity index (χ2v) is 12.7. The topological polar surface area (TPSA) is 40.5 Å². The molecule has 1 rings (SSSR count). The highest BCUT2D eigenvalue weighted by molar-refractivity contribution is 5.51. The first-order chi connectivity index (χ1) is 16.5. The zero-order chi connectivity index (χ0) is 26.4. The molecular weight excluding hydrogens is 428 g/mol. The van der Waals surface area contributed by atoms with Crippen molar-refractivity contribution in [3.63, 3.8) is 0 Å². The molecule has 0 spiro atoms. The summed E-state index contributed by atoms with van der Waals surface area (Å²) in [6, 6.07) is 1.75. The maximum absolute atomic E-state index is 10.4. The van der Waals surface area contributed by atoms with Crippen molar-refractivity contribution in [2.45, 2.75) is 145 Å². The van der Waals surface area contributed by atoms with E-state index in [1.165, 1.54) is 77.0 Å². The fourth-order valence-corrected chi connectivity index (χ4v) is 5.44. The first kappa shape index (κ1) is 31.8. The first-order valence-corrected chi connectivity index (χ1v) is 15.0. The molecule has 0 heterocycles. The Morgan fingerprint density at radius 3 is 1.31 bits per heavy atom. The van der Waals surface area contributed by atoms with Crippen LogP contribution < -0.4 is 0 Å². The summed E-state index contributed by atoms with van der Waals surface area (Å²) in [5.74, 6) is 4.79. The van der Waals surface area contributed by atoms with Gasteiger partial charge < -0.3 is 10.2 Å². The van der Waals surface area contributed by atoms with E-state index in [1.54, 1.807) is 6.07 Å². The van der Waals surface area contributed by atoms with Gasteiger partial charge in [0.2, 0.25) is 0 Å². The van der Waals surface area contributed by atoms with Crippen LogP contribution in [-0.2, 0) is 6.42 Å². The molecule has 0 saturated heterocycles. The molecule has 2 nitrogen and oxygen atoms in total. The van der Waals surface area contributed by atoms with Gasteiger partial charge in [0.15, 0.2) is 0 Å². The van der Waals surface area contributed by atoms with E-state index >= 15 is 0 Å². The van der Waals surface area contributed by atoms with Crippen molar-refractivity contribution in [3.8, 4) is 11.5 Å². The van der Waals surface area contributed by atoms with Gasteiger partial charge in [0.25, 0.3) is 0 Å². The van der Waals surface area contributed by atoms with Crippen LogP contribution >= 0.6 is 0 Å². The molecule has 0 aromatic heterocycles.